The average molecular weight is 101 g/mol. The van der Waals surface area contributed by atoms with Crippen molar-refractivity contribution in [3.8, 4) is 0 Å². The van der Waals surface area contributed by atoms with Crippen LogP contribution in [0.25, 0.3) is 0 Å². The summed E-state index contributed by atoms with van der Waals surface area (Å²) in [7, 11) is 0. The van der Waals surface area contributed by atoms with Crippen LogP contribution < -0.4 is 5.84 Å². The van der Waals surface area contributed by atoms with E-state index in [4.69, 9.17) is 10.7 Å². The fourth-order valence-electron chi connectivity index (χ4n) is 0.390. The second-order valence-electron chi connectivity index (χ2n) is 1.33. The van der Waals surface area contributed by atoms with Gasteiger partial charge in [0.05, 0.1) is 0 Å². The Labute approximate surface area is 41.5 Å². The highest BCUT2D eigenvalue weighted by atomic mass is 16.7. The minimum atomic E-state index is -0.106. The number of nitrogens with zero attached hydrogens (tertiary/aromatic N) is 2. The molecule has 0 saturated carbocycles. The summed E-state index contributed by atoms with van der Waals surface area (Å²) < 4.78 is 0. The van der Waals surface area contributed by atoms with Crippen LogP contribution in [0.15, 0.2) is 4.99 Å². The van der Waals surface area contributed by atoms with Crippen LogP contribution in [0.1, 0.15) is 6.92 Å². The molecule has 0 aliphatic carbocycles. The van der Waals surface area contributed by atoms with Crippen LogP contribution in [0.2, 0.25) is 0 Å². The third kappa shape index (κ3) is 0.880. The molecule has 1 atom stereocenters. The molecule has 0 aromatic carbocycles. The Morgan fingerprint density at radius 2 is 2.71 bits per heavy atom. The van der Waals surface area contributed by atoms with Gasteiger partial charge in [0, 0.05) is 0 Å². The molecule has 2 N–H and O–H groups in total. The van der Waals surface area contributed by atoms with E-state index in [0.717, 1.165) is 5.17 Å². The molecule has 1 rings (SSSR count). The molecule has 1 unspecified atom stereocenters. The molecule has 7 heavy (non-hydrogen) atoms. The summed E-state index contributed by atoms with van der Waals surface area (Å²) in [5.41, 5.74) is 0. The lowest BCUT2D eigenvalue weighted by Crippen LogP contribution is -2.26. The largest absolute Gasteiger partial charge is 0.238 e. The standard InChI is InChI=1S/C3H7N3O/c1-3-5-2-6(4)7-3/h2-3H,4H2,1H3. The molecular formula is C3H7N3O. The van der Waals surface area contributed by atoms with Crippen LogP contribution in [0, 0.1) is 0 Å². The van der Waals surface area contributed by atoms with Gasteiger partial charge >= 0.3 is 0 Å². The fraction of sp³-hybridized carbons (Fsp3) is 0.667. The lowest BCUT2D eigenvalue weighted by Gasteiger charge is -2.03. The third-order valence-corrected chi connectivity index (χ3v) is 0.665. The van der Waals surface area contributed by atoms with Crippen LogP contribution in [0.5, 0.6) is 0 Å². The summed E-state index contributed by atoms with van der Waals surface area (Å²) in [4.78, 5) is 8.52. The average Bonchev–Trinajstić information content (AvgIpc) is 1.87. The maximum atomic E-state index is 5.09. The predicted octanol–water partition coefficient (Wildman–Crippen LogP) is -0.518. The summed E-state index contributed by atoms with van der Waals surface area (Å²) in [5.74, 6) is 5.09. The van der Waals surface area contributed by atoms with Gasteiger partial charge in [-0.25, -0.2) is 15.7 Å². The molecule has 0 aromatic rings. The fourth-order valence-corrected chi connectivity index (χ4v) is 0.390. The lowest BCUT2D eigenvalue weighted by atomic mass is 10.7. The van der Waals surface area contributed by atoms with Crippen molar-refractivity contribution in [3.63, 3.8) is 0 Å². The third-order valence-electron chi connectivity index (χ3n) is 0.665. The molecule has 0 amide bonds. The highest BCUT2D eigenvalue weighted by molar-refractivity contribution is 5.53. The minimum absolute atomic E-state index is 0.106. The molecule has 0 radical (unpaired) electrons. The van der Waals surface area contributed by atoms with Gasteiger partial charge in [-0.15, -0.1) is 0 Å². The molecule has 1 aliphatic heterocycles. The van der Waals surface area contributed by atoms with Crippen LogP contribution in [-0.4, -0.2) is 17.7 Å². The van der Waals surface area contributed by atoms with Gasteiger partial charge in [-0.3, -0.25) is 0 Å². The van der Waals surface area contributed by atoms with E-state index in [2.05, 4.69) is 4.99 Å². The van der Waals surface area contributed by atoms with Crippen LogP contribution in [0.3, 0.4) is 0 Å². The zero-order chi connectivity index (χ0) is 5.28. The van der Waals surface area contributed by atoms with E-state index in [9.17, 15) is 0 Å². The first-order chi connectivity index (χ1) is 3.29. The highest BCUT2D eigenvalue weighted by Gasteiger charge is 2.07. The van der Waals surface area contributed by atoms with Gasteiger partial charge < -0.3 is 0 Å². The molecule has 0 bridgehead atoms. The van der Waals surface area contributed by atoms with E-state index in [1.807, 2.05) is 6.92 Å². The monoisotopic (exact) mass is 101 g/mol. The van der Waals surface area contributed by atoms with Gasteiger partial charge in [0.25, 0.3) is 0 Å². The Balaban J connectivity index is 2.42. The second-order valence-corrected chi connectivity index (χ2v) is 1.33. The first-order valence-corrected chi connectivity index (χ1v) is 2.03. The van der Waals surface area contributed by atoms with Gasteiger partial charge in [0.1, 0.15) is 6.34 Å². The van der Waals surface area contributed by atoms with Gasteiger partial charge in [-0.05, 0) is 6.92 Å². The zero-order valence-corrected chi connectivity index (χ0v) is 4.03. The molecule has 0 fully saturated rings. The number of hydrogen-bond donors (Lipinski definition) is 1. The molecule has 4 heteroatoms. The quantitative estimate of drug-likeness (QED) is 0.418. The van der Waals surface area contributed by atoms with Gasteiger partial charge in [0.15, 0.2) is 6.23 Å². The van der Waals surface area contributed by atoms with Gasteiger partial charge in [-0.2, -0.15) is 5.17 Å². The first-order valence-electron chi connectivity index (χ1n) is 2.03. The first kappa shape index (κ1) is 4.55. The summed E-state index contributed by atoms with van der Waals surface area (Å²) in [5, 5.41) is 1.09. The molecule has 1 aliphatic rings. The Hall–Kier alpha value is -0.610. The second kappa shape index (κ2) is 1.48. The Bertz CT molecular complexity index is 82.2. The molecule has 40 valence electrons. The molecule has 1 heterocycles. The van der Waals surface area contributed by atoms with Crippen molar-refractivity contribution in [2.24, 2.45) is 10.8 Å². The van der Waals surface area contributed by atoms with Crippen molar-refractivity contribution >= 4 is 6.34 Å². The number of aliphatic imine (C=N–C) groups is 1. The highest BCUT2D eigenvalue weighted by Crippen LogP contribution is 1.97. The van der Waals surface area contributed by atoms with Crippen LogP contribution in [0.4, 0.5) is 0 Å². The molecule has 0 aromatic heterocycles. The summed E-state index contributed by atoms with van der Waals surface area (Å²) in [6.07, 6.45) is 1.33. The maximum Gasteiger partial charge on any atom is 0.176 e. The number of rotatable bonds is 0. The van der Waals surface area contributed by atoms with Crippen molar-refractivity contribution in [1.82, 2.24) is 5.17 Å². The Morgan fingerprint density at radius 3 is 2.86 bits per heavy atom. The van der Waals surface area contributed by atoms with E-state index in [1.54, 1.807) is 0 Å². The predicted molar refractivity (Wildman–Crippen MR) is 25.1 cm³/mol. The van der Waals surface area contributed by atoms with E-state index >= 15 is 0 Å². The molecular weight excluding hydrogens is 94.1 g/mol. The van der Waals surface area contributed by atoms with Crippen molar-refractivity contribution < 1.29 is 4.84 Å². The van der Waals surface area contributed by atoms with E-state index < -0.39 is 0 Å². The SMILES string of the molecule is CC1N=CN(N)O1. The van der Waals surface area contributed by atoms with E-state index in [-0.39, 0.29) is 6.23 Å². The van der Waals surface area contributed by atoms with Crippen molar-refractivity contribution in [1.29, 1.82) is 0 Å². The smallest absolute Gasteiger partial charge is 0.176 e. The number of nitrogens with two attached hydrogens (primary N) is 1. The summed E-state index contributed by atoms with van der Waals surface area (Å²) in [6, 6.07) is 0. The zero-order valence-electron chi connectivity index (χ0n) is 4.03. The minimum Gasteiger partial charge on any atom is -0.238 e. The number of hydroxylamine groups is 1. The maximum absolute atomic E-state index is 5.09. The van der Waals surface area contributed by atoms with E-state index in [0.29, 0.717) is 0 Å². The van der Waals surface area contributed by atoms with Crippen molar-refractivity contribution in [3.05, 3.63) is 0 Å². The summed E-state index contributed by atoms with van der Waals surface area (Å²) in [6.45, 7) is 1.81. The topological polar surface area (TPSA) is 50.8 Å². The number of hydrazine groups is 1. The van der Waals surface area contributed by atoms with Crippen molar-refractivity contribution in [2.45, 2.75) is 13.2 Å². The van der Waals surface area contributed by atoms with Gasteiger partial charge in [-0.1, -0.05) is 0 Å². The molecule has 4 nitrogen and oxygen atoms in total. The Kier molecular flexibility index (Phi) is 0.958. The molecule has 0 saturated heterocycles. The lowest BCUT2D eigenvalue weighted by molar-refractivity contribution is -0.113. The molecule has 0 spiro atoms. The van der Waals surface area contributed by atoms with Crippen LogP contribution in [-0.2, 0) is 4.84 Å². The van der Waals surface area contributed by atoms with E-state index in [1.165, 1.54) is 6.34 Å². The van der Waals surface area contributed by atoms with Crippen molar-refractivity contribution in [2.75, 3.05) is 0 Å². The van der Waals surface area contributed by atoms with Crippen LogP contribution >= 0.6 is 0 Å². The summed E-state index contributed by atoms with van der Waals surface area (Å²) >= 11 is 0. The Morgan fingerprint density at radius 1 is 2.00 bits per heavy atom. The normalized spacial score (nSPS) is 29.4. The number of hydrogen-bond acceptors (Lipinski definition) is 4. The van der Waals surface area contributed by atoms with Gasteiger partial charge in [0.2, 0.25) is 0 Å².